The monoisotopic (exact) mass is 491 g/mol. The molecule has 8 nitrogen and oxygen atoms in total. The number of likely N-dealkylation sites (tertiary alicyclic amines) is 1. The Kier molecular flexibility index (Phi) is 6.42. The smallest absolute Gasteiger partial charge is 0.407 e. The number of halogens is 2. The van der Waals surface area contributed by atoms with Gasteiger partial charge in [0.1, 0.15) is 11.5 Å². The standard InChI is InChI=1S/C23H27Cl2N5O3/c1-13-19(21(31)29-10-8-15(12-29)28-22(32)33-23(2,3)4)20(30-18(27-13)7-9-26-30)14-5-6-16(24)17(25)11-14/h5-7,9,11,15,19-20H,8,10,12H2,1-4H3,(H,28,32)/t15-,19?,20?/m0/s1. The summed E-state index contributed by atoms with van der Waals surface area (Å²) in [5, 5.41) is 8.16. The molecule has 2 aromatic rings. The Labute approximate surface area is 202 Å². The molecule has 3 heterocycles. The van der Waals surface area contributed by atoms with Gasteiger partial charge in [0.05, 0.1) is 28.3 Å². The van der Waals surface area contributed by atoms with Gasteiger partial charge in [0, 0.05) is 24.9 Å². The summed E-state index contributed by atoms with van der Waals surface area (Å²) < 4.78 is 7.10. The van der Waals surface area contributed by atoms with E-state index < -0.39 is 23.7 Å². The van der Waals surface area contributed by atoms with Crippen molar-refractivity contribution in [3.05, 3.63) is 46.1 Å². The first-order valence-corrected chi connectivity index (χ1v) is 11.6. The van der Waals surface area contributed by atoms with Gasteiger partial charge in [-0.15, -0.1) is 0 Å². The highest BCUT2D eigenvalue weighted by Crippen LogP contribution is 2.39. The van der Waals surface area contributed by atoms with E-state index in [-0.39, 0.29) is 11.9 Å². The number of hydrogen-bond acceptors (Lipinski definition) is 5. The predicted octanol–water partition coefficient (Wildman–Crippen LogP) is 4.63. The number of aromatic nitrogens is 2. The van der Waals surface area contributed by atoms with Crippen LogP contribution in [0.25, 0.3) is 0 Å². The average Bonchev–Trinajstić information content (AvgIpc) is 3.36. The molecule has 0 spiro atoms. The number of amides is 2. The molecule has 0 aliphatic carbocycles. The minimum Gasteiger partial charge on any atom is -0.444 e. The van der Waals surface area contributed by atoms with Crippen molar-refractivity contribution in [2.45, 2.75) is 51.8 Å². The first kappa shape index (κ1) is 23.6. The molecule has 0 bridgehead atoms. The summed E-state index contributed by atoms with van der Waals surface area (Å²) in [5.41, 5.74) is 0.944. The van der Waals surface area contributed by atoms with Gasteiger partial charge in [0.2, 0.25) is 5.91 Å². The lowest BCUT2D eigenvalue weighted by molar-refractivity contribution is -0.133. The molecule has 33 heavy (non-hydrogen) atoms. The highest BCUT2D eigenvalue weighted by atomic mass is 35.5. The van der Waals surface area contributed by atoms with Crippen molar-refractivity contribution in [2.75, 3.05) is 13.1 Å². The van der Waals surface area contributed by atoms with Gasteiger partial charge in [-0.05, 0) is 51.8 Å². The molecule has 1 fully saturated rings. The SMILES string of the molecule is CC1=Nc2ccnn2C(c2ccc(Cl)c(Cl)c2)C1C(=O)N1CC[C@H](NC(=O)OC(C)(C)C)C1. The minimum atomic E-state index is -0.581. The zero-order valence-corrected chi connectivity index (χ0v) is 20.5. The van der Waals surface area contributed by atoms with E-state index in [2.05, 4.69) is 15.4 Å². The molecule has 10 heteroatoms. The van der Waals surface area contributed by atoms with Gasteiger partial charge < -0.3 is 15.0 Å². The summed E-state index contributed by atoms with van der Waals surface area (Å²) in [6, 6.07) is 6.59. The number of benzene rings is 1. The van der Waals surface area contributed by atoms with Crippen LogP contribution in [0.4, 0.5) is 10.6 Å². The lowest BCUT2D eigenvalue weighted by atomic mass is 9.87. The van der Waals surface area contributed by atoms with Gasteiger partial charge in [0.25, 0.3) is 0 Å². The normalized spacial score (nSPS) is 22.5. The number of alkyl carbamates (subject to hydrolysis) is 1. The maximum absolute atomic E-state index is 13.7. The van der Waals surface area contributed by atoms with Crippen molar-refractivity contribution in [3.8, 4) is 0 Å². The van der Waals surface area contributed by atoms with E-state index in [4.69, 9.17) is 27.9 Å². The van der Waals surface area contributed by atoms with Crippen LogP contribution in [0.15, 0.2) is 35.5 Å². The third-order valence-corrected chi connectivity index (χ3v) is 6.48. The first-order valence-electron chi connectivity index (χ1n) is 10.9. The van der Waals surface area contributed by atoms with Crippen LogP contribution in [0, 0.1) is 5.92 Å². The fourth-order valence-electron chi connectivity index (χ4n) is 4.32. The highest BCUT2D eigenvalue weighted by Gasteiger charge is 2.42. The third kappa shape index (κ3) is 5.01. The molecule has 3 atom stereocenters. The Morgan fingerprint density at radius 3 is 2.64 bits per heavy atom. The van der Waals surface area contributed by atoms with E-state index >= 15 is 0 Å². The van der Waals surface area contributed by atoms with E-state index in [1.54, 1.807) is 27.9 Å². The Morgan fingerprint density at radius 2 is 1.94 bits per heavy atom. The van der Waals surface area contributed by atoms with Crippen molar-refractivity contribution in [1.29, 1.82) is 0 Å². The lowest BCUT2D eigenvalue weighted by Gasteiger charge is -2.33. The van der Waals surface area contributed by atoms with Gasteiger partial charge in [-0.1, -0.05) is 29.3 Å². The van der Waals surface area contributed by atoms with Crippen LogP contribution in [0.2, 0.25) is 10.0 Å². The largest absolute Gasteiger partial charge is 0.444 e. The van der Waals surface area contributed by atoms with Gasteiger partial charge in [-0.3, -0.25) is 4.79 Å². The molecule has 2 aliphatic heterocycles. The Balaban J connectivity index is 1.57. The molecule has 0 radical (unpaired) electrons. The molecule has 2 aliphatic rings. The Bertz CT molecular complexity index is 1110. The molecule has 4 rings (SSSR count). The molecule has 2 unspecified atom stereocenters. The summed E-state index contributed by atoms with van der Waals surface area (Å²) in [5.74, 6) is 0.0513. The number of ether oxygens (including phenoxy) is 1. The number of carbonyl (C=O) groups is 2. The van der Waals surface area contributed by atoms with Crippen molar-refractivity contribution in [1.82, 2.24) is 20.0 Å². The van der Waals surface area contributed by atoms with E-state index in [0.717, 1.165) is 5.56 Å². The second-order valence-corrected chi connectivity index (χ2v) is 10.2. The molecule has 2 amide bonds. The number of nitrogens with zero attached hydrogens (tertiary/aromatic N) is 4. The number of nitrogens with one attached hydrogen (secondary N) is 1. The van der Waals surface area contributed by atoms with Crippen LogP contribution in [-0.4, -0.2) is 57.1 Å². The fraction of sp³-hybridized carbons (Fsp3) is 0.478. The van der Waals surface area contributed by atoms with Crippen LogP contribution in [0.3, 0.4) is 0 Å². The number of hydrogen-bond donors (Lipinski definition) is 1. The van der Waals surface area contributed by atoms with Crippen LogP contribution in [0.5, 0.6) is 0 Å². The summed E-state index contributed by atoms with van der Waals surface area (Å²) in [7, 11) is 0. The maximum Gasteiger partial charge on any atom is 0.407 e. The summed E-state index contributed by atoms with van der Waals surface area (Å²) in [6.45, 7) is 8.24. The van der Waals surface area contributed by atoms with E-state index in [9.17, 15) is 9.59 Å². The van der Waals surface area contributed by atoms with Gasteiger partial charge in [-0.2, -0.15) is 5.10 Å². The van der Waals surface area contributed by atoms with Gasteiger partial charge in [0.15, 0.2) is 5.82 Å². The molecular weight excluding hydrogens is 465 g/mol. The lowest BCUT2D eigenvalue weighted by Crippen LogP contribution is -2.45. The summed E-state index contributed by atoms with van der Waals surface area (Å²) >= 11 is 12.4. The third-order valence-electron chi connectivity index (χ3n) is 5.74. The number of rotatable bonds is 3. The molecule has 1 saturated heterocycles. The quantitative estimate of drug-likeness (QED) is 0.677. The summed E-state index contributed by atoms with van der Waals surface area (Å²) in [6.07, 6.45) is 1.84. The number of carbonyl (C=O) groups excluding carboxylic acids is 2. The highest BCUT2D eigenvalue weighted by molar-refractivity contribution is 6.42. The summed E-state index contributed by atoms with van der Waals surface area (Å²) in [4.78, 5) is 32.3. The minimum absolute atomic E-state index is 0.0676. The van der Waals surface area contributed by atoms with E-state index in [1.807, 2.05) is 39.8 Å². The average molecular weight is 492 g/mol. The zero-order valence-electron chi connectivity index (χ0n) is 19.0. The first-order chi connectivity index (χ1) is 15.5. The molecule has 1 aromatic heterocycles. The van der Waals surface area contributed by atoms with Crippen LogP contribution < -0.4 is 5.32 Å². The zero-order chi connectivity index (χ0) is 23.9. The van der Waals surface area contributed by atoms with Crippen molar-refractivity contribution < 1.29 is 14.3 Å². The van der Waals surface area contributed by atoms with E-state index in [0.29, 0.717) is 41.1 Å². The second-order valence-electron chi connectivity index (χ2n) is 9.40. The Morgan fingerprint density at radius 1 is 1.18 bits per heavy atom. The fourth-order valence-corrected chi connectivity index (χ4v) is 4.63. The molecule has 1 N–H and O–H groups in total. The Hall–Kier alpha value is -2.58. The predicted molar refractivity (Wildman–Crippen MR) is 127 cm³/mol. The molecule has 176 valence electrons. The van der Waals surface area contributed by atoms with Gasteiger partial charge in [-0.25, -0.2) is 14.5 Å². The van der Waals surface area contributed by atoms with E-state index in [1.165, 1.54) is 0 Å². The van der Waals surface area contributed by atoms with Crippen molar-refractivity contribution >= 4 is 46.7 Å². The second kappa shape index (κ2) is 8.99. The van der Waals surface area contributed by atoms with Crippen LogP contribution >= 0.6 is 23.2 Å². The topological polar surface area (TPSA) is 88.8 Å². The molecule has 1 aromatic carbocycles. The van der Waals surface area contributed by atoms with Crippen LogP contribution in [0.1, 0.15) is 45.7 Å². The van der Waals surface area contributed by atoms with Crippen molar-refractivity contribution in [2.24, 2.45) is 10.9 Å². The van der Waals surface area contributed by atoms with Crippen LogP contribution in [-0.2, 0) is 9.53 Å². The maximum atomic E-state index is 13.7. The molecular formula is C23H27Cl2N5O3. The van der Waals surface area contributed by atoms with Gasteiger partial charge >= 0.3 is 6.09 Å². The van der Waals surface area contributed by atoms with Crippen molar-refractivity contribution in [3.63, 3.8) is 0 Å². The number of aliphatic imine (C=N–C) groups is 1. The number of fused-ring (bicyclic) bond motifs is 1. The molecule has 0 saturated carbocycles.